The van der Waals surface area contributed by atoms with Crippen LogP contribution in [0.25, 0.3) is 0 Å². The maximum Gasteiger partial charge on any atom is 0.219 e. The Kier molecular flexibility index (Phi) is 3.83. The number of hydrogen-bond donors (Lipinski definition) is 1. The summed E-state index contributed by atoms with van der Waals surface area (Å²) in [4.78, 5) is 8.28. The predicted molar refractivity (Wildman–Crippen MR) is 55.5 cm³/mol. The van der Waals surface area contributed by atoms with Crippen LogP contribution in [-0.2, 0) is 6.42 Å². The maximum absolute atomic E-state index is 5.13. The van der Waals surface area contributed by atoms with Crippen LogP contribution >= 0.6 is 0 Å². The van der Waals surface area contributed by atoms with Gasteiger partial charge in [0.1, 0.15) is 6.33 Å². The van der Waals surface area contributed by atoms with Crippen LogP contribution in [-0.4, -0.2) is 30.2 Å². The van der Waals surface area contributed by atoms with E-state index in [2.05, 4.69) is 22.2 Å². The van der Waals surface area contributed by atoms with Gasteiger partial charge in [0.2, 0.25) is 5.88 Å². The monoisotopic (exact) mass is 195 g/mol. The number of aromatic nitrogens is 2. The molecule has 1 unspecified atom stereocenters. The molecule has 1 N–H and O–H groups in total. The van der Waals surface area contributed by atoms with E-state index >= 15 is 0 Å². The number of ether oxygens (including phenoxy) is 1. The SMILES string of the molecule is CNC(C)Cc1ncnc(OC)c1C. The van der Waals surface area contributed by atoms with Crippen molar-refractivity contribution in [3.05, 3.63) is 17.6 Å². The number of methoxy groups -OCH3 is 1. The molecule has 0 aliphatic heterocycles. The van der Waals surface area contributed by atoms with Gasteiger partial charge in [-0.1, -0.05) is 0 Å². The van der Waals surface area contributed by atoms with Crippen LogP contribution in [0.2, 0.25) is 0 Å². The Hall–Kier alpha value is -1.16. The fourth-order valence-corrected chi connectivity index (χ4v) is 1.27. The molecule has 1 aromatic rings. The number of hydrogen-bond acceptors (Lipinski definition) is 4. The molecule has 0 saturated heterocycles. The van der Waals surface area contributed by atoms with Crippen molar-refractivity contribution in [1.82, 2.24) is 15.3 Å². The van der Waals surface area contributed by atoms with Gasteiger partial charge in [0.05, 0.1) is 12.8 Å². The van der Waals surface area contributed by atoms with Crippen molar-refractivity contribution in [2.75, 3.05) is 14.2 Å². The zero-order valence-corrected chi connectivity index (χ0v) is 9.16. The minimum absolute atomic E-state index is 0.410. The Balaban J connectivity index is 2.86. The molecule has 0 saturated carbocycles. The topological polar surface area (TPSA) is 47.0 Å². The van der Waals surface area contributed by atoms with Gasteiger partial charge in [0.25, 0.3) is 0 Å². The molecule has 0 fully saturated rings. The summed E-state index contributed by atoms with van der Waals surface area (Å²) in [5, 5.41) is 3.18. The van der Waals surface area contributed by atoms with Gasteiger partial charge in [0.15, 0.2) is 0 Å². The Morgan fingerprint density at radius 2 is 2.21 bits per heavy atom. The standard InChI is InChI=1S/C10H17N3O/c1-7(11-3)5-9-8(2)10(14-4)13-6-12-9/h6-7,11H,5H2,1-4H3. The molecule has 4 heteroatoms. The summed E-state index contributed by atoms with van der Waals surface area (Å²) >= 11 is 0. The van der Waals surface area contributed by atoms with Gasteiger partial charge in [-0.05, 0) is 20.9 Å². The van der Waals surface area contributed by atoms with Crippen molar-refractivity contribution < 1.29 is 4.74 Å². The van der Waals surface area contributed by atoms with Crippen molar-refractivity contribution in [3.8, 4) is 5.88 Å². The lowest BCUT2D eigenvalue weighted by atomic mass is 10.1. The fourth-order valence-electron chi connectivity index (χ4n) is 1.27. The van der Waals surface area contributed by atoms with E-state index in [9.17, 15) is 0 Å². The average molecular weight is 195 g/mol. The van der Waals surface area contributed by atoms with E-state index in [0.29, 0.717) is 11.9 Å². The fraction of sp³-hybridized carbons (Fsp3) is 0.600. The number of nitrogens with one attached hydrogen (secondary N) is 1. The molecule has 0 spiro atoms. The van der Waals surface area contributed by atoms with Crippen molar-refractivity contribution >= 4 is 0 Å². The number of rotatable bonds is 4. The number of nitrogens with zero attached hydrogens (tertiary/aromatic N) is 2. The summed E-state index contributed by atoms with van der Waals surface area (Å²) in [6.45, 7) is 4.10. The van der Waals surface area contributed by atoms with E-state index < -0.39 is 0 Å². The summed E-state index contributed by atoms with van der Waals surface area (Å²) in [5.74, 6) is 0.665. The zero-order valence-electron chi connectivity index (χ0n) is 9.16. The summed E-state index contributed by atoms with van der Waals surface area (Å²) in [6.07, 6.45) is 2.44. The van der Waals surface area contributed by atoms with Crippen LogP contribution in [0.3, 0.4) is 0 Å². The van der Waals surface area contributed by atoms with Crippen molar-refractivity contribution in [2.24, 2.45) is 0 Å². The van der Waals surface area contributed by atoms with Crippen LogP contribution in [0.5, 0.6) is 5.88 Å². The molecule has 0 amide bonds. The molecule has 0 aliphatic rings. The molecular formula is C10H17N3O. The van der Waals surface area contributed by atoms with Crippen LogP contribution in [0, 0.1) is 6.92 Å². The predicted octanol–water partition coefficient (Wildman–Crippen LogP) is 0.944. The van der Waals surface area contributed by atoms with Crippen LogP contribution in [0.15, 0.2) is 6.33 Å². The first-order valence-corrected chi connectivity index (χ1v) is 4.70. The molecule has 14 heavy (non-hydrogen) atoms. The number of likely N-dealkylation sites (N-methyl/N-ethyl adjacent to an activating group) is 1. The third kappa shape index (κ3) is 2.42. The molecule has 0 aromatic carbocycles. The first kappa shape index (κ1) is 10.9. The maximum atomic E-state index is 5.13. The van der Waals surface area contributed by atoms with E-state index in [-0.39, 0.29) is 0 Å². The molecule has 1 rings (SSSR count). The van der Waals surface area contributed by atoms with Crippen molar-refractivity contribution in [3.63, 3.8) is 0 Å². The Morgan fingerprint density at radius 1 is 1.50 bits per heavy atom. The third-order valence-electron chi connectivity index (χ3n) is 2.33. The second kappa shape index (κ2) is 4.91. The summed E-state index contributed by atoms with van der Waals surface area (Å²) in [6, 6.07) is 0.410. The highest BCUT2D eigenvalue weighted by Gasteiger charge is 2.09. The first-order valence-electron chi connectivity index (χ1n) is 4.70. The van der Waals surface area contributed by atoms with E-state index in [4.69, 9.17) is 4.74 Å². The summed E-state index contributed by atoms with van der Waals surface area (Å²) in [5.41, 5.74) is 2.07. The van der Waals surface area contributed by atoms with Gasteiger partial charge in [-0.15, -0.1) is 0 Å². The van der Waals surface area contributed by atoms with Crippen LogP contribution < -0.4 is 10.1 Å². The highest BCUT2D eigenvalue weighted by Crippen LogP contribution is 2.16. The van der Waals surface area contributed by atoms with E-state index in [1.807, 2.05) is 14.0 Å². The lowest BCUT2D eigenvalue weighted by molar-refractivity contribution is 0.391. The lowest BCUT2D eigenvalue weighted by Gasteiger charge is -2.12. The highest BCUT2D eigenvalue weighted by molar-refractivity contribution is 5.28. The molecule has 78 valence electrons. The van der Waals surface area contributed by atoms with Gasteiger partial charge in [-0.3, -0.25) is 0 Å². The molecule has 0 bridgehead atoms. The van der Waals surface area contributed by atoms with E-state index in [1.54, 1.807) is 13.4 Å². The Labute approximate surface area is 84.7 Å². The summed E-state index contributed by atoms with van der Waals surface area (Å²) in [7, 11) is 3.57. The Morgan fingerprint density at radius 3 is 2.79 bits per heavy atom. The molecule has 4 nitrogen and oxygen atoms in total. The summed E-state index contributed by atoms with van der Waals surface area (Å²) < 4.78 is 5.13. The smallest absolute Gasteiger partial charge is 0.219 e. The van der Waals surface area contributed by atoms with Gasteiger partial charge >= 0.3 is 0 Å². The molecular weight excluding hydrogens is 178 g/mol. The first-order chi connectivity index (χ1) is 6.69. The molecule has 1 atom stereocenters. The molecule has 0 radical (unpaired) electrons. The minimum atomic E-state index is 0.410. The zero-order chi connectivity index (χ0) is 10.6. The van der Waals surface area contributed by atoms with Gasteiger partial charge in [0, 0.05) is 18.0 Å². The van der Waals surface area contributed by atoms with E-state index in [1.165, 1.54) is 0 Å². The van der Waals surface area contributed by atoms with Gasteiger partial charge in [-0.2, -0.15) is 0 Å². The largest absolute Gasteiger partial charge is 0.481 e. The van der Waals surface area contributed by atoms with Crippen LogP contribution in [0.4, 0.5) is 0 Å². The van der Waals surface area contributed by atoms with Gasteiger partial charge < -0.3 is 10.1 Å². The normalized spacial score (nSPS) is 12.6. The third-order valence-corrected chi connectivity index (χ3v) is 2.33. The minimum Gasteiger partial charge on any atom is -0.481 e. The quantitative estimate of drug-likeness (QED) is 0.777. The van der Waals surface area contributed by atoms with Crippen LogP contribution in [0.1, 0.15) is 18.2 Å². The second-order valence-electron chi connectivity index (χ2n) is 3.35. The van der Waals surface area contributed by atoms with Gasteiger partial charge in [-0.25, -0.2) is 9.97 Å². The molecule has 1 aromatic heterocycles. The van der Waals surface area contributed by atoms with Crippen molar-refractivity contribution in [2.45, 2.75) is 26.3 Å². The lowest BCUT2D eigenvalue weighted by Crippen LogP contribution is -2.24. The van der Waals surface area contributed by atoms with Crippen molar-refractivity contribution in [1.29, 1.82) is 0 Å². The Bertz CT molecular complexity index is 301. The molecule has 1 heterocycles. The average Bonchev–Trinajstić information content (AvgIpc) is 2.21. The second-order valence-corrected chi connectivity index (χ2v) is 3.35. The van der Waals surface area contributed by atoms with E-state index in [0.717, 1.165) is 17.7 Å². The highest BCUT2D eigenvalue weighted by atomic mass is 16.5. The molecule has 0 aliphatic carbocycles.